The van der Waals surface area contributed by atoms with Crippen LogP contribution in [-0.2, 0) is 6.42 Å². The van der Waals surface area contributed by atoms with Crippen molar-refractivity contribution < 1.29 is 14.9 Å². The zero-order valence-electron chi connectivity index (χ0n) is 15.4. The molecular weight excluding hydrogens is 312 g/mol. The first-order chi connectivity index (χ1) is 12.3. The number of hydrogen-bond acceptors (Lipinski definition) is 3. The number of benzene rings is 2. The van der Waals surface area contributed by atoms with Crippen LogP contribution in [0.25, 0.3) is 0 Å². The van der Waals surface area contributed by atoms with E-state index in [0.717, 1.165) is 17.7 Å². The molecule has 0 heterocycles. The van der Waals surface area contributed by atoms with Crippen LogP contribution < -0.4 is 4.74 Å². The molecule has 0 amide bonds. The second kappa shape index (κ2) is 14.4. The fourth-order valence-electron chi connectivity index (χ4n) is 2.50. The molecule has 138 valence electrons. The van der Waals surface area contributed by atoms with Gasteiger partial charge in [0, 0.05) is 0 Å². The lowest BCUT2D eigenvalue weighted by molar-refractivity contribution is 0.201. The first-order valence-electron chi connectivity index (χ1n) is 9.33. The van der Waals surface area contributed by atoms with Crippen LogP contribution in [-0.4, -0.2) is 23.4 Å². The van der Waals surface area contributed by atoms with Gasteiger partial charge in [0.25, 0.3) is 0 Å². The molecular formula is C22H32O3. The zero-order valence-corrected chi connectivity index (χ0v) is 15.4. The second-order valence-electron chi connectivity index (χ2n) is 6.03. The molecule has 0 atom stereocenters. The number of rotatable bonds is 10. The highest BCUT2D eigenvalue weighted by molar-refractivity contribution is 5.31. The molecule has 25 heavy (non-hydrogen) atoms. The monoisotopic (exact) mass is 344 g/mol. The van der Waals surface area contributed by atoms with Gasteiger partial charge in [0.15, 0.2) is 0 Å². The highest BCUT2D eigenvalue weighted by Crippen LogP contribution is 2.18. The molecule has 0 radical (unpaired) electrons. The smallest absolute Gasteiger partial charge is 0.119 e. The molecule has 0 unspecified atom stereocenters. The van der Waals surface area contributed by atoms with Gasteiger partial charge in [-0.25, -0.2) is 0 Å². The van der Waals surface area contributed by atoms with Gasteiger partial charge in [0.1, 0.15) is 18.1 Å². The Morgan fingerprint density at radius 3 is 2.12 bits per heavy atom. The topological polar surface area (TPSA) is 49.7 Å². The molecule has 0 spiro atoms. The van der Waals surface area contributed by atoms with E-state index in [1.807, 2.05) is 48.5 Å². The second-order valence-corrected chi connectivity index (χ2v) is 6.03. The molecule has 2 aromatic rings. The van der Waals surface area contributed by atoms with E-state index in [-0.39, 0.29) is 6.61 Å². The fraction of sp³-hybridized carbons (Fsp3) is 0.455. The summed E-state index contributed by atoms with van der Waals surface area (Å²) in [7, 11) is 0. The van der Waals surface area contributed by atoms with E-state index in [4.69, 9.17) is 9.84 Å². The molecule has 0 aliphatic rings. The van der Waals surface area contributed by atoms with Gasteiger partial charge < -0.3 is 14.9 Å². The first kappa shape index (κ1) is 21.0. The Bertz CT molecular complexity index is 540. The minimum atomic E-state index is 0.0644. The van der Waals surface area contributed by atoms with Crippen LogP contribution in [0, 0.1) is 0 Å². The number of aliphatic hydroxyl groups is 1. The maximum atomic E-state index is 9.55. The van der Waals surface area contributed by atoms with Gasteiger partial charge >= 0.3 is 0 Å². The van der Waals surface area contributed by atoms with Crippen molar-refractivity contribution in [3.63, 3.8) is 0 Å². The molecule has 0 aliphatic carbocycles. The van der Waals surface area contributed by atoms with Crippen molar-refractivity contribution in [2.45, 2.75) is 51.9 Å². The van der Waals surface area contributed by atoms with Crippen molar-refractivity contribution in [3.05, 3.63) is 60.2 Å². The Hall–Kier alpha value is -2.00. The molecule has 0 bridgehead atoms. The molecule has 0 fully saturated rings. The molecule has 3 nitrogen and oxygen atoms in total. The van der Waals surface area contributed by atoms with Crippen LogP contribution in [0.3, 0.4) is 0 Å². The van der Waals surface area contributed by atoms with Crippen LogP contribution in [0.4, 0.5) is 0 Å². The predicted octanol–water partition coefficient (Wildman–Crippen LogP) is 5.35. The number of aliphatic hydroxyl groups excluding tert-OH is 1. The Balaban J connectivity index is 0.000000271. The number of phenolic OH excluding ortho intramolecular Hbond substituents is 1. The molecule has 2 aromatic carbocycles. The van der Waals surface area contributed by atoms with Gasteiger partial charge in [-0.05, 0) is 36.6 Å². The first-order valence-corrected chi connectivity index (χ1v) is 9.33. The van der Waals surface area contributed by atoms with Crippen LogP contribution in [0.1, 0.15) is 51.0 Å². The minimum Gasteiger partial charge on any atom is -0.508 e. The average Bonchev–Trinajstić information content (AvgIpc) is 2.65. The maximum absolute atomic E-state index is 9.55. The standard InChI is InChI=1S/C14H22O.C8H10O2/c1-2-3-4-5-6-7-10-13-11-8-9-12-14(13)15;9-6-7-10-8-4-2-1-3-5-8/h8-9,11-12,15H,2-7,10H2,1H3;1-5,9H,6-7H2. The molecule has 0 aliphatic heterocycles. The van der Waals surface area contributed by atoms with Gasteiger partial charge in [-0.1, -0.05) is 75.4 Å². The molecule has 0 saturated heterocycles. The quantitative estimate of drug-likeness (QED) is 0.571. The number of para-hydroxylation sites is 2. The summed E-state index contributed by atoms with van der Waals surface area (Å²) in [4.78, 5) is 0. The van der Waals surface area contributed by atoms with Crippen LogP contribution in [0.2, 0.25) is 0 Å². The van der Waals surface area contributed by atoms with E-state index in [1.165, 1.54) is 38.5 Å². The lowest BCUT2D eigenvalue weighted by Gasteiger charge is -2.03. The maximum Gasteiger partial charge on any atom is 0.119 e. The Morgan fingerprint density at radius 1 is 0.800 bits per heavy atom. The summed E-state index contributed by atoms with van der Waals surface area (Å²) in [5.41, 5.74) is 1.09. The van der Waals surface area contributed by atoms with Gasteiger partial charge in [0.2, 0.25) is 0 Å². The largest absolute Gasteiger partial charge is 0.508 e. The zero-order chi connectivity index (χ0) is 18.2. The van der Waals surface area contributed by atoms with Crippen LogP contribution in [0.15, 0.2) is 54.6 Å². The summed E-state index contributed by atoms with van der Waals surface area (Å²) < 4.78 is 5.11. The van der Waals surface area contributed by atoms with Crippen molar-refractivity contribution in [3.8, 4) is 11.5 Å². The van der Waals surface area contributed by atoms with E-state index in [9.17, 15) is 5.11 Å². The van der Waals surface area contributed by atoms with Gasteiger partial charge in [-0.2, -0.15) is 0 Å². The summed E-state index contributed by atoms with van der Waals surface area (Å²) in [5.74, 6) is 1.25. The third-order valence-corrected chi connectivity index (χ3v) is 3.89. The molecule has 3 heteroatoms. The number of hydrogen-bond donors (Lipinski definition) is 2. The van der Waals surface area contributed by atoms with Crippen molar-refractivity contribution in [1.29, 1.82) is 0 Å². The summed E-state index contributed by atoms with van der Waals surface area (Å²) in [6.45, 7) is 2.67. The van der Waals surface area contributed by atoms with E-state index in [0.29, 0.717) is 12.4 Å². The average molecular weight is 344 g/mol. The number of aryl methyl sites for hydroxylation is 1. The van der Waals surface area contributed by atoms with Crippen molar-refractivity contribution >= 4 is 0 Å². The van der Waals surface area contributed by atoms with Crippen molar-refractivity contribution in [2.24, 2.45) is 0 Å². The third kappa shape index (κ3) is 10.5. The SMILES string of the molecule is CCCCCCCCc1ccccc1O.OCCOc1ccccc1. The summed E-state index contributed by atoms with van der Waals surface area (Å²) >= 11 is 0. The molecule has 0 aromatic heterocycles. The highest BCUT2D eigenvalue weighted by atomic mass is 16.5. The number of phenols is 1. The summed E-state index contributed by atoms with van der Waals surface area (Å²) in [6, 6.07) is 17.1. The lowest BCUT2D eigenvalue weighted by atomic mass is 10.0. The Morgan fingerprint density at radius 2 is 1.44 bits per heavy atom. The van der Waals surface area contributed by atoms with Gasteiger partial charge in [0.05, 0.1) is 6.61 Å². The van der Waals surface area contributed by atoms with E-state index >= 15 is 0 Å². The van der Waals surface area contributed by atoms with Crippen LogP contribution in [0.5, 0.6) is 11.5 Å². The van der Waals surface area contributed by atoms with Gasteiger partial charge in [-0.3, -0.25) is 0 Å². The summed E-state index contributed by atoms with van der Waals surface area (Å²) in [6.07, 6.45) is 8.85. The van der Waals surface area contributed by atoms with Crippen molar-refractivity contribution in [2.75, 3.05) is 13.2 Å². The highest BCUT2D eigenvalue weighted by Gasteiger charge is 1.98. The number of ether oxygens (including phenoxy) is 1. The van der Waals surface area contributed by atoms with Gasteiger partial charge in [-0.15, -0.1) is 0 Å². The third-order valence-electron chi connectivity index (χ3n) is 3.89. The van der Waals surface area contributed by atoms with E-state index < -0.39 is 0 Å². The van der Waals surface area contributed by atoms with E-state index in [1.54, 1.807) is 6.07 Å². The van der Waals surface area contributed by atoms with Crippen molar-refractivity contribution in [1.82, 2.24) is 0 Å². The molecule has 2 rings (SSSR count). The molecule has 0 saturated carbocycles. The normalized spacial score (nSPS) is 10.0. The molecule has 2 N–H and O–H groups in total. The van der Waals surface area contributed by atoms with E-state index in [2.05, 4.69) is 6.92 Å². The number of aromatic hydroxyl groups is 1. The predicted molar refractivity (Wildman–Crippen MR) is 104 cm³/mol. The minimum absolute atomic E-state index is 0.0644. The van der Waals surface area contributed by atoms with Crippen LogP contribution >= 0.6 is 0 Å². The Labute approximate surface area is 152 Å². The lowest BCUT2D eigenvalue weighted by Crippen LogP contribution is -2.00. The number of unbranched alkanes of at least 4 members (excludes halogenated alkanes) is 5. The summed E-state index contributed by atoms with van der Waals surface area (Å²) in [5, 5.41) is 18.0. The fourth-order valence-corrected chi connectivity index (χ4v) is 2.50. The Kier molecular flexibility index (Phi) is 12.1.